The number of hydrogen-bond donors (Lipinski definition) is 2. The summed E-state index contributed by atoms with van der Waals surface area (Å²) in [6.45, 7) is 1.37. The van der Waals surface area contributed by atoms with Crippen LogP contribution in [-0.4, -0.2) is 45.4 Å². The van der Waals surface area contributed by atoms with E-state index in [1.54, 1.807) is 73.1 Å². The van der Waals surface area contributed by atoms with E-state index in [2.05, 4.69) is 15.0 Å². The molecule has 0 spiro atoms. The number of hydrogen-bond acceptors (Lipinski definition) is 6. The van der Waals surface area contributed by atoms with Crippen LogP contribution in [0.5, 0.6) is 5.75 Å². The van der Waals surface area contributed by atoms with Crippen LogP contribution >= 0.6 is 36.4 Å². The number of carbonyl (C=O) groups excluding carboxylic acids is 1. The molecule has 0 radical (unpaired) electrons. The summed E-state index contributed by atoms with van der Waals surface area (Å²) in [5, 5.41) is 4.97. The Balaban J connectivity index is 0.00000241. The second-order valence-corrected chi connectivity index (χ2v) is 9.86. The summed E-state index contributed by atoms with van der Waals surface area (Å²) >= 11 is 6.10. The molecule has 4 rings (SSSR count). The van der Waals surface area contributed by atoms with E-state index < -0.39 is 10.0 Å². The summed E-state index contributed by atoms with van der Waals surface area (Å²) in [6.07, 6.45) is 3.21. The Hall–Kier alpha value is -2.72. The number of halogens is 3. The largest absolute Gasteiger partial charge is 0.491 e. The SMILES string of the molecule is Cl.Cl.O=C(c1ccccc1)c1cc(Cl)ccc1OCCNCCNS(=O)(=O)c1cccc2cnccc12. The predicted octanol–water partition coefficient (Wildman–Crippen LogP) is 4.91. The third-order valence-corrected chi connectivity index (χ3v) is 7.04. The maximum atomic E-state index is 12.9. The van der Waals surface area contributed by atoms with E-state index in [-0.39, 0.29) is 42.0 Å². The molecule has 2 N–H and O–H groups in total. The van der Waals surface area contributed by atoms with Crippen molar-refractivity contribution in [1.82, 2.24) is 15.0 Å². The van der Waals surface area contributed by atoms with Crippen molar-refractivity contribution in [1.29, 1.82) is 0 Å². The minimum absolute atomic E-state index is 0. The lowest BCUT2D eigenvalue weighted by Crippen LogP contribution is -2.33. The highest BCUT2D eigenvalue weighted by Gasteiger charge is 2.17. The fourth-order valence-electron chi connectivity index (χ4n) is 3.59. The number of ether oxygens (including phenoxy) is 1. The van der Waals surface area contributed by atoms with Crippen LogP contribution in [-0.2, 0) is 10.0 Å². The van der Waals surface area contributed by atoms with Crippen molar-refractivity contribution in [3.63, 3.8) is 0 Å². The quantitative estimate of drug-likeness (QED) is 0.193. The number of pyridine rings is 1. The molecule has 7 nitrogen and oxygen atoms in total. The van der Waals surface area contributed by atoms with Gasteiger partial charge in [-0.2, -0.15) is 0 Å². The van der Waals surface area contributed by atoms with Crippen LogP contribution in [0.4, 0.5) is 0 Å². The van der Waals surface area contributed by atoms with Crippen molar-refractivity contribution in [3.8, 4) is 5.75 Å². The van der Waals surface area contributed by atoms with E-state index >= 15 is 0 Å². The second kappa shape index (κ2) is 14.3. The van der Waals surface area contributed by atoms with E-state index in [9.17, 15) is 13.2 Å². The predicted molar refractivity (Wildman–Crippen MR) is 151 cm³/mol. The fourth-order valence-corrected chi connectivity index (χ4v) is 5.02. The minimum atomic E-state index is -3.67. The molecule has 0 atom stereocenters. The molecule has 0 aliphatic heterocycles. The average Bonchev–Trinajstić information content (AvgIpc) is 2.88. The highest BCUT2D eigenvalue weighted by Crippen LogP contribution is 2.26. The van der Waals surface area contributed by atoms with E-state index in [4.69, 9.17) is 16.3 Å². The number of sulfonamides is 1. The van der Waals surface area contributed by atoms with Gasteiger partial charge in [0.15, 0.2) is 5.78 Å². The molecule has 0 amide bonds. The van der Waals surface area contributed by atoms with Crippen molar-refractivity contribution in [2.45, 2.75) is 4.90 Å². The maximum absolute atomic E-state index is 12.9. The zero-order valence-corrected chi connectivity index (χ0v) is 22.8. The molecule has 4 aromatic rings. The van der Waals surface area contributed by atoms with Crippen LogP contribution in [0.15, 0.2) is 90.1 Å². The molecule has 0 saturated carbocycles. The smallest absolute Gasteiger partial charge is 0.241 e. The van der Waals surface area contributed by atoms with E-state index in [0.29, 0.717) is 47.0 Å². The van der Waals surface area contributed by atoms with Gasteiger partial charge in [-0.05, 0) is 30.3 Å². The summed E-state index contributed by atoms with van der Waals surface area (Å²) in [4.78, 5) is 17.1. The Kier molecular flexibility index (Phi) is 11.8. The van der Waals surface area contributed by atoms with Crippen LogP contribution in [0.1, 0.15) is 15.9 Å². The molecule has 11 heteroatoms. The van der Waals surface area contributed by atoms with Gasteiger partial charge in [0.2, 0.25) is 10.0 Å². The fraction of sp³-hybridized carbons (Fsp3) is 0.154. The molecule has 1 heterocycles. The van der Waals surface area contributed by atoms with Gasteiger partial charge in [0.25, 0.3) is 0 Å². The first-order valence-electron chi connectivity index (χ1n) is 11.0. The molecule has 1 aromatic heterocycles. The number of rotatable bonds is 11. The lowest BCUT2D eigenvalue weighted by Gasteiger charge is -2.13. The zero-order chi connectivity index (χ0) is 24.7. The average molecular weight is 583 g/mol. The Morgan fingerprint density at radius 3 is 2.49 bits per heavy atom. The van der Waals surface area contributed by atoms with Crippen molar-refractivity contribution >= 4 is 63.0 Å². The number of aromatic nitrogens is 1. The molecule has 196 valence electrons. The first kappa shape index (κ1) is 30.5. The van der Waals surface area contributed by atoms with Gasteiger partial charge >= 0.3 is 0 Å². The molecule has 0 bridgehead atoms. The third kappa shape index (κ3) is 7.88. The number of benzene rings is 3. The Labute approximate surface area is 233 Å². The highest BCUT2D eigenvalue weighted by molar-refractivity contribution is 7.89. The normalized spacial score (nSPS) is 10.8. The van der Waals surface area contributed by atoms with Gasteiger partial charge in [0.05, 0.1) is 10.5 Å². The maximum Gasteiger partial charge on any atom is 0.241 e. The lowest BCUT2D eigenvalue weighted by molar-refractivity contribution is 0.103. The number of ketones is 1. The number of carbonyl (C=O) groups is 1. The summed E-state index contributed by atoms with van der Waals surface area (Å²) in [5.41, 5.74) is 0.939. The van der Waals surface area contributed by atoms with Gasteiger partial charge in [-0.1, -0.05) is 54.1 Å². The van der Waals surface area contributed by atoms with Gasteiger partial charge in [-0.15, -0.1) is 24.8 Å². The molecule has 0 fully saturated rings. The topological polar surface area (TPSA) is 97.4 Å². The number of nitrogens with zero attached hydrogens (tertiary/aromatic N) is 1. The first-order valence-corrected chi connectivity index (χ1v) is 12.9. The van der Waals surface area contributed by atoms with Crippen molar-refractivity contribution in [2.75, 3.05) is 26.2 Å². The molecular formula is C26H26Cl3N3O4S. The first-order chi connectivity index (χ1) is 17.0. The van der Waals surface area contributed by atoms with Gasteiger partial charge in [0, 0.05) is 53.4 Å². The standard InChI is InChI=1S/C26H24ClN3O4S.2ClH/c27-21-9-10-24(23(17-21)26(31)19-5-2-1-3-6-19)34-16-15-28-13-14-30-35(32,33)25-8-4-7-20-18-29-12-11-22(20)25;;/h1-12,17-18,28,30H,13-16H2;2*1H. The monoisotopic (exact) mass is 581 g/mol. The van der Waals surface area contributed by atoms with Gasteiger partial charge in [-0.3, -0.25) is 9.78 Å². The van der Waals surface area contributed by atoms with Crippen molar-refractivity contribution < 1.29 is 17.9 Å². The zero-order valence-electron chi connectivity index (χ0n) is 19.6. The van der Waals surface area contributed by atoms with Crippen LogP contribution in [0, 0.1) is 0 Å². The number of fused-ring (bicyclic) bond motifs is 1. The molecule has 37 heavy (non-hydrogen) atoms. The molecule has 3 aromatic carbocycles. The third-order valence-electron chi connectivity index (χ3n) is 5.28. The summed E-state index contributed by atoms with van der Waals surface area (Å²) < 4.78 is 33.9. The van der Waals surface area contributed by atoms with Crippen molar-refractivity contribution in [3.05, 3.63) is 101 Å². The summed E-state index contributed by atoms with van der Waals surface area (Å²) in [6, 6.07) is 20.6. The molecule has 0 aliphatic carbocycles. The van der Waals surface area contributed by atoms with Gasteiger partial charge < -0.3 is 10.1 Å². The van der Waals surface area contributed by atoms with Crippen LogP contribution in [0.25, 0.3) is 10.8 Å². The highest BCUT2D eigenvalue weighted by atomic mass is 35.5. The Bertz CT molecular complexity index is 1430. The molecular weight excluding hydrogens is 557 g/mol. The molecule has 0 unspecified atom stereocenters. The van der Waals surface area contributed by atoms with Gasteiger partial charge in [0.1, 0.15) is 12.4 Å². The van der Waals surface area contributed by atoms with E-state index in [1.165, 1.54) is 0 Å². The van der Waals surface area contributed by atoms with Crippen LogP contribution < -0.4 is 14.8 Å². The van der Waals surface area contributed by atoms with E-state index in [0.717, 1.165) is 5.39 Å². The Morgan fingerprint density at radius 1 is 0.919 bits per heavy atom. The minimum Gasteiger partial charge on any atom is -0.491 e. The molecule has 0 aliphatic rings. The lowest BCUT2D eigenvalue weighted by atomic mass is 10.0. The summed E-state index contributed by atoms with van der Waals surface area (Å²) in [7, 11) is -3.67. The van der Waals surface area contributed by atoms with Gasteiger partial charge in [-0.25, -0.2) is 13.1 Å². The Morgan fingerprint density at radius 2 is 1.70 bits per heavy atom. The van der Waals surface area contributed by atoms with Crippen molar-refractivity contribution in [2.24, 2.45) is 0 Å². The van der Waals surface area contributed by atoms with Crippen LogP contribution in [0.3, 0.4) is 0 Å². The second-order valence-electron chi connectivity index (χ2n) is 7.68. The molecule has 0 saturated heterocycles. The number of nitrogens with one attached hydrogen (secondary N) is 2. The van der Waals surface area contributed by atoms with E-state index in [1.807, 2.05) is 12.1 Å². The summed E-state index contributed by atoms with van der Waals surface area (Å²) in [5.74, 6) is 0.269. The van der Waals surface area contributed by atoms with Crippen LogP contribution in [0.2, 0.25) is 5.02 Å².